The fraction of sp³-hybridized carbons (Fsp3) is 1.00. The Morgan fingerprint density at radius 1 is 1.57 bits per heavy atom. The molecule has 0 aliphatic carbocycles. The summed E-state index contributed by atoms with van der Waals surface area (Å²) in [7, 11) is 0. The highest BCUT2D eigenvalue weighted by Crippen LogP contribution is 2.34. The van der Waals surface area contributed by atoms with E-state index in [1.54, 1.807) is 0 Å². The van der Waals surface area contributed by atoms with Crippen LogP contribution >= 0.6 is 0 Å². The normalized spacial score (nSPS) is 35.1. The molecule has 0 aromatic rings. The van der Waals surface area contributed by atoms with E-state index in [2.05, 4.69) is 18.7 Å². The van der Waals surface area contributed by atoms with Crippen molar-refractivity contribution in [2.45, 2.75) is 33.3 Å². The number of hydrogen-bond acceptors (Lipinski definition) is 3. The standard InChI is InChI=1S/C11H24N2O/c1-9-5-13(7-10(2,3)14)8-11(9,4)6-12/h9,14H,5-8,12H2,1-4H3. The summed E-state index contributed by atoms with van der Waals surface area (Å²) in [4.78, 5) is 2.32. The number of likely N-dealkylation sites (tertiary alicyclic amines) is 1. The van der Waals surface area contributed by atoms with Crippen LogP contribution in [0.5, 0.6) is 0 Å². The highest BCUT2D eigenvalue weighted by molar-refractivity contribution is 4.93. The number of rotatable bonds is 3. The van der Waals surface area contributed by atoms with Crippen molar-refractivity contribution in [2.75, 3.05) is 26.2 Å². The van der Waals surface area contributed by atoms with Crippen molar-refractivity contribution >= 4 is 0 Å². The summed E-state index contributed by atoms with van der Waals surface area (Å²) in [5, 5.41) is 9.73. The molecule has 0 amide bonds. The van der Waals surface area contributed by atoms with Crippen molar-refractivity contribution < 1.29 is 5.11 Å². The van der Waals surface area contributed by atoms with Crippen molar-refractivity contribution in [3.63, 3.8) is 0 Å². The molecule has 1 fully saturated rings. The van der Waals surface area contributed by atoms with Gasteiger partial charge in [0.15, 0.2) is 0 Å². The summed E-state index contributed by atoms with van der Waals surface area (Å²) in [6.45, 7) is 11.7. The summed E-state index contributed by atoms with van der Waals surface area (Å²) >= 11 is 0. The number of aliphatic hydroxyl groups is 1. The average molecular weight is 200 g/mol. The van der Waals surface area contributed by atoms with Crippen LogP contribution in [-0.2, 0) is 0 Å². The van der Waals surface area contributed by atoms with E-state index in [-0.39, 0.29) is 5.41 Å². The van der Waals surface area contributed by atoms with Crippen LogP contribution in [-0.4, -0.2) is 41.8 Å². The minimum atomic E-state index is -0.598. The molecule has 1 saturated heterocycles. The van der Waals surface area contributed by atoms with Gasteiger partial charge in [-0.3, -0.25) is 4.90 Å². The van der Waals surface area contributed by atoms with Crippen LogP contribution < -0.4 is 5.73 Å². The third-order valence-corrected chi connectivity index (χ3v) is 3.38. The Labute approximate surface area is 87.3 Å². The second-order valence-electron chi connectivity index (χ2n) is 5.74. The van der Waals surface area contributed by atoms with Gasteiger partial charge in [0, 0.05) is 19.6 Å². The van der Waals surface area contributed by atoms with Crippen LogP contribution in [0.2, 0.25) is 0 Å². The van der Waals surface area contributed by atoms with Crippen molar-refractivity contribution in [3.8, 4) is 0 Å². The highest BCUT2D eigenvalue weighted by Gasteiger charge is 2.40. The first kappa shape index (κ1) is 12.0. The Balaban J connectivity index is 2.55. The summed E-state index contributed by atoms with van der Waals surface area (Å²) < 4.78 is 0. The second-order valence-corrected chi connectivity index (χ2v) is 5.74. The van der Waals surface area contributed by atoms with Gasteiger partial charge in [-0.1, -0.05) is 13.8 Å². The quantitative estimate of drug-likeness (QED) is 0.704. The summed E-state index contributed by atoms with van der Waals surface area (Å²) in [5.74, 6) is 0.620. The van der Waals surface area contributed by atoms with Gasteiger partial charge in [0.2, 0.25) is 0 Å². The van der Waals surface area contributed by atoms with Crippen molar-refractivity contribution in [2.24, 2.45) is 17.1 Å². The molecule has 1 rings (SSSR count). The first-order chi connectivity index (χ1) is 6.27. The largest absolute Gasteiger partial charge is 0.389 e. The molecular weight excluding hydrogens is 176 g/mol. The minimum Gasteiger partial charge on any atom is -0.389 e. The Morgan fingerprint density at radius 2 is 2.14 bits per heavy atom. The fourth-order valence-electron chi connectivity index (χ4n) is 2.27. The topological polar surface area (TPSA) is 49.5 Å². The molecule has 0 aromatic carbocycles. The molecule has 0 aromatic heterocycles. The van der Waals surface area contributed by atoms with E-state index in [9.17, 15) is 5.11 Å². The zero-order valence-corrected chi connectivity index (χ0v) is 9.88. The molecule has 1 aliphatic heterocycles. The van der Waals surface area contributed by atoms with Gasteiger partial charge < -0.3 is 10.8 Å². The SMILES string of the molecule is CC1CN(CC(C)(C)O)CC1(C)CN. The van der Waals surface area contributed by atoms with Crippen molar-refractivity contribution in [1.82, 2.24) is 4.90 Å². The van der Waals surface area contributed by atoms with Crippen LogP contribution in [0.15, 0.2) is 0 Å². The van der Waals surface area contributed by atoms with Crippen molar-refractivity contribution in [3.05, 3.63) is 0 Å². The molecule has 84 valence electrons. The first-order valence-electron chi connectivity index (χ1n) is 5.42. The first-order valence-corrected chi connectivity index (χ1v) is 5.42. The molecule has 3 nitrogen and oxygen atoms in total. The highest BCUT2D eigenvalue weighted by atomic mass is 16.3. The van der Waals surface area contributed by atoms with Gasteiger partial charge in [-0.15, -0.1) is 0 Å². The van der Waals surface area contributed by atoms with Gasteiger partial charge in [-0.05, 0) is 31.7 Å². The summed E-state index contributed by atoms with van der Waals surface area (Å²) in [6, 6.07) is 0. The van der Waals surface area contributed by atoms with Crippen molar-refractivity contribution in [1.29, 1.82) is 0 Å². The van der Waals surface area contributed by atoms with E-state index >= 15 is 0 Å². The number of β-amino-alcohol motifs (C(OH)–C–C–N with tert-alkyl or cyclic N) is 1. The Morgan fingerprint density at radius 3 is 2.50 bits per heavy atom. The average Bonchev–Trinajstić information content (AvgIpc) is 2.25. The Hall–Kier alpha value is -0.120. The van der Waals surface area contributed by atoms with Gasteiger partial charge in [-0.25, -0.2) is 0 Å². The molecule has 1 heterocycles. The Bertz CT molecular complexity index is 200. The Kier molecular flexibility index (Phi) is 3.24. The van der Waals surface area contributed by atoms with E-state index in [0.29, 0.717) is 5.92 Å². The third-order valence-electron chi connectivity index (χ3n) is 3.38. The molecule has 0 spiro atoms. The third kappa shape index (κ3) is 2.69. The second kappa shape index (κ2) is 3.80. The predicted molar refractivity (Wildman–Crippen MR) is 59.1 cm³/mol. The maximum Gasteiger partial charge on any atom is 0.0718 e. The molecule has 0 saturated carbocycles. The molecule has 3 N–H and O–H groups in total. The van der Waals surface area contributed by atoms with E-state index in [0.717, 1.165) is 26.2 Å². The molecule has 14 heavy (non-hydrogen) atoms. The fourth-order valence-corrected chi connectivity index (χ4v) is 2.27. The van der Waals surface area contributed by atoms with Crippen LogP contribution in [0.1, 0.15) is 27.7 Å². The molecule has 3 heteroatoms. The molecule has 0 bridgehead atoms. The van der Waals surface area contributed by atoms with Gasteiger partial charge in [0.25, 0.3) is 0 Å². The molecule has 2 atom stereocenters. The number of nitrogens with two attached hydrogens (primary N) is 1. The lowest BCUT2D eigenvalue weighted by Crippen LogP contribution is -2.39. The van der Waals surface area contributed by atoms with Crippen LogP contribution in [0.4, 0.5) is 0 Å². The smallest absolute Gasteiger partial charge is 0.0718 e. The maximum atomic E-state index is 9.73. The summed E-state index contributed by atoms with van der Waals surface area (Å²) in [6.07, 6.45) is 0. The molecule has 2 unspecified atom stereocenters. The minimum absolute atomic E-state index is 0.227. The maximum absolute atomic E-state index is 9.73. The molecule has 0 radical (unpaired) electrons. The zero-order chi connectivity index (χ0) is 11.0. The van der Waals surface area contributed by atoms with Crippen LogP contribution in [0.25, 0.3) is 0 Å². The number of nitrogens with zero attached hydrogens (tertiary/aromatic N) is 1. The van der Waals surface area contributed by atoms with Gasteiger partial charge >= 0.3 is 0 Å². The lowest BCUT2D eigenvalue weighted by molar-refractivity contribution is 0.0408. The van der Waals surface area contributed by atoms with Gasteiger partial charge in [-0.2, -0.15) is 0 Å². The van der Waals surface area contributed by atoms with E-state index in [4.69, 9.17) is 5.73 Å². The zero-order valence-electron chi connectivity index (χ0n) is 9.88. The monoisotopic (exact) mass is 200 g/mol. The van der Waals surface area contributed by atoms with Gasteiger partial charge in [0.1, 0.15) is 0 Å². The van der Waals surface area contributed by atoms with Crippen LogP contribution in [0, 0.1) is 11.3 Å². The lowest BCUT2D eigenvalue weighted by Gasteiger charge is -2.28. The van der Waals surface area contributed by atoms with E-state index in [1.807, 2.05) is 13.8 Å². The number of hydrogen-bond donors (Lipinski definition) is 2. The van der Waals surface area contributed by atoms with Crippen LogP contribution in [0.3, 0.4) is 0 Å². The van der Waals surface area contributed by atoms with Gasteiger partial charge in [0.05, 0.1) is 5.60 Å². The summed E-state index contributed by atoms with van der Waals surface area (Å²) in [5.41, 5.74) is 5.43. The van der Waals surface area contributed by atoms with E-state index in [1.165, 1.54) is 0 Å². The predicted octanol–water partition coefficient (Wildman–Crippen LogP) is 0.674. The lowest BCUT2D eigenvalue weighted by atomic mass is 9.81. The molecule has 1 aliphatic rings. The van der Waals surface area contributed by atoms with E-state index < -0.39 is 5.60 Å². The molecular formula is C11H24N2O.